The van der Waals surface area contributed by atoms with Gasteiger partial charge in [-0.3, -0.25) is 9.59 Å². The largest absolute Gasteiger partial charge is 0.487 e. The standard InChI is InChI=1S/C22H32O5/c1-5-6-7-8-9-18-14-19-10-11-22(4,12-13-25-16(2)23)27-21(19)15-20(18)26-17(3)24/h14-15H,5-13H2,1-4H3. The maximum atomic E-state index is 11.5. The van der Waals surface area contributed by atoms with E-state index in [0.717, 1.165) is 42.6 Å². The molecule has 1 heterocycles. The number of unbranched alkanes of at least 4 members (excludes halogenated alkanes) is 3. The van der Waals surface area contributed by atoms with Gasteiger partial charge in [0.15, 0.2) is 0 Å². The highest BCUT2D eigenvalue weighted by Crippen LogP contribution is 2.39. The molecule has 1 aliphatic heterocycles. The highest BCUT2D eigenvalue weighted by molar-refractivity contribution is 5.70. The fourth-order valence-corrected chi connectivity index (χ4v) is 3.44. The van der Waals surface area contributed by atoms with Crippen molar-refractivity contribution in [1.29, 1.82) is 0 Å². The predicted octanol–water partition coefficient (Wildman–Crippen LogP) is 4.77. The number of carbonyl (C=O) groups excluding carboxylic acids is 2. The number of aryl methyl sites for hydroxylation is 2. The van der Waals surface area contributed by atoms with Gasteiger partial charge in [-0.2, -0.15) is 0 Å². The van der Waals surface area contributed by atoms with Crippen molar-refractivity contribution in [2.45, 2.75) is 84.7 Å². The van der Waals surface area contributed by atoms with Crippen LogP contribution in [0.4, 0.5) is 0 Å². The molecule has 0 amide bonds. The SMILES string of the molecule is CCCCCCc1cc2c(cc1OC(C)=O)OC(C)(CCOC(C)=O)CC2. The third kappa shape index (κ3) is 6.56. The van der Waals surface area contributed by atoms with E-state index < -0.39 is 5.60 Å². The Morgan fingerprint density at radius 2 is 1.93 bits per heavy atom. The lowest BCUT2D eigenvalue weighted by Crippen LogP contribution is -2.37. The number of ether oxygens (including phenoxy) is 3. The van der Waals surface area contributed by atoms with Gasteiger partial charge in [0.2, 0.25) is 0 Å². The van der Waals surface area contributed by atoms with Crippen molar-refractivity contribution in [2.24, 2.45) is 0 Å². The summed E-state index contributed by atoms with van der Waals surface area (Å²) in [5.74, 6) is 0.764. The summed E-state index contributed by atoms with van der Waals surface area (Å²) < 4.78 is 16.8. The number of carbonyl (C=O) groups is 2. The van der Waals surface area contributed by atoms with Crippen molar-refractivity contribution in [2.75, 3.05) is 6.61 Å². The Kier molecular flexibility index (Phi) is 7.69. The van der Waals surface area contributed by atoms with Gasteiger partial charge >= 0.3 is 11.9 Å². The normalized spacial score (nSPS) is 18.4. The third-order valence-electron chi connectivity index (χ3n) is 5.01. The van der Waals surface area contributed by atoms with Gasteiger partial charge in [-0.15, -0.1) is 0 Å². The molecule has 0 N–H and O–H groups in total. The lowest BCUT2D eigenvalue weighted by molar-refractivity contribution is -0.142. The molecule has 27 heavy (non-hydrogen) atoms. The summed E-state index contributed by atoms with van der Waals surface area (Å²) in [6.45, 7) is 7.40. The molecule has 1 unspecified atom stereocenters. The summed E-state index contributed by atoms with van der Waals surface area (Å²) in [5, 5.41) is 0. The second kappa shape index (κ2) is 9.77. The minimum absolute atomic E-state index is 0.278. The van der Waals surface area contributed by atoms with Gasteiger partial charge in [0.1, 0.15) is 17.1 Å². The number of hydrogen-bond donors (Lipinski definition) is 0. The number of esters is 2. The molecule has 2 rings (SSSR count). The van der Waals surface area contributed by atoms with E-state index in [0.29, 0.717) is 18.8 Å². The summed E-state index contributed by atoms with van der Waals surface area (Å²) in [6, 6.07) is 3.99. The maximum absolute atomic E-state index is 11.5. The minimum atomic E-state index is -0.390. The van der Waals surface area contributed by atoms with E-state index in [1.165, 1.54) is 33.1 Å². The molecule has 1 atom stereocenters. The number of rotatable bonds is 9. The molecule has 0 bridgehead atoms. The monoisotopic (exact) mass is 376 g/mol. The van der Waals surface area contributed by atoms with Gasteiger partial charge in [0.05, 0.1) is 6.61 Å². The molecule has 0 saturated heterocycles. The Morgan fingerprint density at radius 1 is 1.15 bits per heavy atom. The Morgan fingerprint density at radius 3 is 2.59 bits per heavy atom. The van der Waals surface area contributed by atoms with Crippen molar-refractivity contribution in [3.63, 3.8) is 0 Å². The first-order chi connectivity index (χ1) is 12.8. The summed E-state index contributed by atoms with van der Waals surface area (Å²) in [5.41, 5.74) is 1.84. The van der Waals surface area contributed by atoms with Crippen LogP contribution >= 0.6 is 0 Å². The van der Waals surface area contributed by atoms with Crippen LogP contribution in [0.2, 0.25) is 0 Å². The van der Waals surface area contributed by atoms with Gasteiger partial charge in [0.25, 0.3) is 0 Å². The number of fused-ring (bicyclic) bond motifs is 1. The van der Waals surface area contributed by atoms with Crippen molar-refractivity contribution in [1.82, 2.24) is 0 Å². The Labute approximate surface area is 162 Å². The Balaban J connectivity index is 2.14. The van der Waals surface area contributed by atoms with Crippen LogP contribution < -0.4 is 9.47 Å². The van der Waals surface area contributed by atoms with Crippen LogP contribution in [-0.4, -0.2) is 24.1 Å². The van der Waals surface area contributed by atoms with Gasteiger partial charge in [-0.05, 0) is 49.8 Å². The first kappa shape index (κ1) is 21.3. The quantitative estimate of drug-likeness (QED) is 0.353. The highest BCUT2D eigenvalue weighted by Gasteiger charge is 2.32. The summed E-state index contributed by atoms with van der Waals surface area (Å²) in [6.07, 6.45) is 7.98. The van der Waals surface area contributed by atoms with E-state index >= 15 is 0 Å². The first-order valence-corrected chi connectivity index (χ1v) is 9.99. The molecule has 5 nitrogen and oxygen atoms in total. The molecule has 0 fully saturated rings. The molecule has 0 aromatic heterocycles. The lowest BCUT2D eigenvalue weighted by atomic mass is 9.89. The summed E-state index contributed by atoms with van der Waals surface area (Å²) in [7, 11) is 0. The van der Waals surface area contributed by atoms with Gasteiger partial charge in [0, 0.05) is 26.3 Å². The van der Waals surface area contributed by atoms with Crippen molar-refractivity contribution in [3.05, 3.63) is 23.3 Å². The van der Waals surface area contributed by atoms with Gasteiger partial charge in [-0.1, -0.05) is 26.2 Å². The Bertz CT molecular complexity index is 667. The van der Waals surface area contributed by atoms with Gasteiger partial charge < -0.3 is 14.2 Å². The Hall–Kier alpha value is -2.04. The molecular formula is C22H32O5. The molecule has 0 spiro atoms. The fraction of sp³-hybridized carbons (Fsp3) is 0.636. The van der Waals surface area contributed by atoms with E-state index in [1.807, 2.05) is 13.0 Å². The van der Waals surface area contributed by atoms with Crippen LogP contribution in [0, 0.1) is 0 Å². The highest BCUT2D eigenvalue weighted by atomic mass is 16.5. The second-order valence-electron chi connectivity index (χ2n) is 7.61. The minimum Gasteiger partial charge on any atom is -0.487 e. The molecule has 5 heteroatoms. The van der Waals surface area contributed by atoms with Crippen LogP contribution in [0.3, 0.4) is 0 Å². The second-order valence-corrected chi connectivity index (χ2v) is 7.61. The van der Waals surface area contributed by atoms with E-state index in [-0.39, 0.29) is 11.9 Å². The van der Waals surface area contributed by atoms with E-state index in [1.54, 1.807) is 0 Å². The topological polar surface area (TPSA) is 61.8 Å². The van der Waals surface area contributed by atoms with Crippen molar-refractivity contribution in [3.8, 4) is 11.5 Å². The summed E-state index contributed by atoms with van der Waals surface area (Å²) in [4.78, 5) is 22.5. The zero-order valence-corrected chi connectivity index (χ0v) is 17.1. The lowest BCUT2D eigenvalue weighted by Gasteiger charge is -2.36. The third-order valence-corrected chi connectivity index (χ3v) is 5.01. The zero-order chi connectivity index (χ0) is 19.9. The summed E-state index contributed by atoms with van der Waals surface area (Å²) >= 11 is 0. The van der Waals surface area contributed by atoms with Crippen molar-refractivity contribution >= 4 is 11.9 Å². The molecule has 150 valence electrons. The van der Waals surface area contributed by atoms with E-state index in [9.17, 15) is 9.59 Å². The maximum Gasteiger partial charge on any atom is 0.308 e. The van der Waals surface area contributed by atoms with Crippen LogP contribution in [0.1, 0.15) is 77.3 Å². The van der Waals surface area contributed by atoms with E-state index in [4.69, 9.17) is 14.2 Å². The zero-order valence-electron chi connectivity index (χ0n) is 17.1. The molecule has 0 aliphatic carbocycles. The average Bonchev–Trinajstić information content (AvgIpc) is 2.58. The molecule has 0 radical (unpaired) electrons. The molecule has 1 aliphatic rings. The van der Waals surface area contributed by atoms with E-state index in [2.05, 4.69) is 13.0 Å². The molecule has 0 saturated carbocycles. The van der Waals surface area contributed by atoms with Gasteiger partial charge in [-0.25, -0.2) is 0 Å². The number of benzene rings is 1. The van der Waals surface area contributed by atoms with Crippen LogP contribution in [0.5, 0.6) is 11.5 Å². The fourth-order valence-electron chi connectivity index (χ4n) is 3.44. The molecule has 1 aromatic carbocycles. The molecule has 1 aromatic rings. The van der Waals surface area contributed by atoms with Crippen LogP contribution in [0.15, 0.2) is 12.1 Å². The van der Waals surface area contributed by atoms with Crippen LogP contribution in [0.25, 0.3) is 0 Å². The molecular weight excluding hydrogens is 344 g/mol. The average molecular weight is 376 g/mol. The predicted molar refractivity (Wildman–Crippen MR) is 104 cm³/mol. The van der Waals surface area contributed by atoms with Crippen LogP contribution in [-0.2, 0) is 27.2 Å². The first-order valence-electron chi connectivity index (χ1n) is 9.99. The number of hydrogen-bond acceptors (Lipinski definition) is 5. The van der Waals surface area contributed by atoms with Crippen molar-refractivity contribution < 1.29 is 23.8 Å². The smallest absolute Gasteiger partial charge is 0.308 e.